The minimum atomic E-state index is 0.246. The van der Waals surface area contributed by atoms with Crippen LogP contribution in [-0.2, 0) is 0 Å². The van der Waals surface area contributed by atoms with Gasteiger partial charge in [-0.25, -0.2) is 0 Å². The van der Waals surface area contributed by atoms with Gasteiger partial charge in [0, 0.05) is 11.8 Å². The third kappa shape index (κ3) is 1.08. The van der Waals surface area contributed by atoms with E-state index in [1.807, 2.05) is 6.07 Å². The average Bonchev–Trinajstić information content (AvgIpc) is 2.06. The van der Waals surface area contributed by atoms with Crippen molar-refractivity contribution >= 4 is 17.6 Å². The number of nitrogen functional groups attached to an aromatic ring is 2. The molecule has 0 saturated carbocycles. The lowest BCUT2D eigenvalue weighted by Gasteiger charge is -2.03. The highest BCUT2D eigenvalue weighted by atomic mass is 14.6. The molecule has 0 fully saturated rings. The Morgan fingerprint density at radius 2 is 2.08 bits per heavy atom. The fraction of sp³-hybridized carbons (Fsp3) is 0. The van der Waals surface area contributed by atoms with Gasteiger partial charge < -0.3 is 16.9 Å². The van der Waals surface area contributed by atoms with Gasteiger partial charge in [-0.15, -0.1) is 0 Å². The molecule has 0 saturated heterocycles. The highest BCUT2D eigenvalue weighted by Gasteiger charge is 2.05. The smallest absolute Gasteiger partial charge is 0.104 e. The van der Waals surface area contributed by atoms with E-state index in [2.05, 4.69) is 0 Å². The van der Waals surface area contributed by atoms with E-state index in [1.165, 1.54) is 0 Å². The first kappa shape index (κ1) is 8.08. The number of hydrogen-bond acceptors (Lipinski definition) is 4. The lowest BCUT2D eigenvalue weighted by Crippen LogP contribution is -2.00. The van der Waals surface area contributed by atoms with E-state index in [1.54, 1.807) is 12.1 Å². The first-order valence-corrected chi connectivity index (χ1v) is 3.29. The first-order chi connectivity index (χ1) is 5.70. The Morgan fingerprint density at radius 1 is 1.42 bits per heavy atom. The molecule has 1 aromatic rings. The minimum absolute atomic E-state index is 0.246. The highest BCUT2D eigenvalue weighted by molar-refractivity contribution is 5.89. The second kappa shape index (κ2) is 2.93. The summed E-state index contributed by atoms with van der Waals surface area (Å²) in [5.41, 5.74) is 12.4. The predicted octanol–water partition coefficient (Wildman–Crippen LogP) is 0.720. The van der Waals surface area contributed by atoms with Crippen molar-refractivity contribution in [1.29, 1.82) is 10.7 Å². The minimum Gasteiger partial charge on any atom is -0.398 e. The van der Waals surface area contributed by atoms with Crippen molar-refractivity contribution < 1.29 is 0 Å². The largest absolute Gasteiger partial charge is 0.398 e. The van der Waals surface area contributed by atoms with Crippen LogP contribution in [0.5, 0.6) is 0 Å². The van der Waals surface area contributed by atoms with Crippen LogP contribution in [0.4, 0.5) is 11.4 Å². The average molecular weight is 160 g/mol. The molecule has 0 unspecified atom stereocenters. The van der Waals surface area contributed by atoms with Gasteiger partial charge in [-0.3, -0.25) is 0 Å². The SMILES string of the molecule is N#Cc1c(N)ccc(C=N)c1N. The highest BCUT2D eigenvalue weighted by Crippen LogP contribution is 2.21. The molecule has 1 rings (SSSR count). The van der Waals surface area contributed by atoms with E-state index in [9.17, 15) is 0 Å². The summed E-state index contributed by atoms with van der Waals surface area (Å²) >= 11 is 0. The second-order valence-corrected chi connectivity index (χ2v) is 2.29. The van der Waals surface area contributed by atoms with E-state index < -0.39 is 0 Å². The molecule has 4 heteroatoms. The summed E-state index contributed by atoms with van der Waals surface area (Å²) in [6.45, 7) is 0. The molecule has 1 aromatic carbocycles. The molecule has 0 heterocycles. The van der Waals surface area contributed by atoms with Crippen LogP contribution in [0, 0.1) is 16.7 Å². The van der Waals surface area contributed by atoms with Gasteiger partial charge in [-0.1, -0.05) is 0 Å². The normalized spacial score (nSPS) is 8.92. The van der Waals surface area contributed by atoms with Crippen molar-refractivity contribution in [3.05, 3.63) is 23.3 Å². The fourth-order valence-corrected chi connectivity index (χ4v) is 0.903. The molecule has 0 bridgehead atoms. The van der Waals surface area contributed by atoms with Crippen LogP contribution >= 0.6 is 0 Å². The van der Waals surface area contributed by atoms with Crippen molar-refractivity contribution in [2.75, 3.05) is 11.5 Å². The summed E-state index contributed by atoms with van der Waals surface area (Å²) in [5, 5.41) is 15.6. The van der Waals surface area contributed by atoms with E-state index in [-0.39, 0.29) is 11.3 Å². The number of hydrogen-bond donors (Lipinski definition) is 3. The number of anilines is 2. The fourth-order valence-electron chi connectivity index (χ4n) is 0.903. The van der Waals surface area contributed by atoms with Crippen molar-refractivity contribution in [3.63, 3.8) is 0 Å². The monoisotopic (exact) mass is 160 g/mol. The Bertz CT molecular complexity index is 362. The van der Waals surface area contributed by atoms with Crippen molar-refractivity contribution in [2.24, 2.45) is 0 Å². The maximum absolute atomic E-state index is 8.63. The summed E-state index contributed by atoms with van der Waals surface area (Å²) in [7, 11) is 0. The van der Waals surface area contributed by atoms with Gasteiger partial charge in [0.15, 0.2) is 0 Å². The molecule has 5 N–H and O–H groups in total. The number of benzene rings is 1. The third-order valence-electron chi connectivity index (χ3n) is 1.58. The number of nitriles is 1. The lowest BCUT2D eigenvalue weighted by atomic mass is 10.1. The molecule has 0 atom stereocenters. The molecule has 0 aliphatic rings. The van der Waals surface area contributed by atoms with Crippen LogP contribution in [0.2, 0.25) is 0 Å². The molecule has 0 aliphatic heterocycles. The Labute approximate surface area is 69.9 Å². The van der Waals surface area contributed by atoms with Gasteiger partial charge in [-0.2, -0.15) is 5.26 Å². The molecule has 60 valence electrons. The Balaban J connectivity index is 3.46. The Morgan fingerprint density at radius 3 is 2.58 bits per heavy atom. The predicted molar refractivity (Wildman–Crippen MR) is 47.9 cm³/mol. The summed E-state index contributed by atoms with van der Waals surface area (Å²) in [6, 6.07) is 5.06. The molecule has 4 nitrogen and oxygen atoms in total. The number of nitrogens with one attached hydrogen (secondary N) is 1. The van der Waals surface area contributed by atoms with Gasteiger partial charge in [0.2, 0.25) is 0 Å². The summed E-state index contributed by atoms with van der Waals surface area (Å²) in [5.74, 6) is 0. The number of nitrogens with two attached hydrogens (primary N) is 2. The second-order valence-electron chi connectivity index (χ2n) is 2.29. The third-order valence-corrected chi connectivity index (χ3v) is 1.58. The zero-order valence-corrected chi connectivity index (χ0v) is 6.33. The van der Waals surface area contributed by atoms with Gasteiger partial charge in [-0.05, 0) is 12.1 Å². The zero-order valence-electron chi connectivity index (χ0n) is 6.33. The van der Waals surface area contributed by atoms with Crippen molar-refractivity contribution in [2.45, 2.75) is 0 Å². The lowest BCUT2D eigenvalue weighted by molar-refractivity contribution is 1.47. The summed E-state index contributed by atoms with van der Waals surface area (Å²) < 4.78 is 0. The molecular weight excluding hydrogens is 152 g/mol. The first-order valence-electron chi connectivity index (χ1n) is 3.29. The maximum Gasteiger partial charge on any atom is 0.104 e. The molecule has 12 heavy (non-hydrogen) atoms. The zero-order chi connectivity index (χ0) is 9.14. The summed E-state index contributed by atoms with van der Waals surface area (Å²) in [4.78, 5) is 0. The van der Waals surface area contributed by atoms with Crippen LogP contribution in [-0.4, -0.2) is 6.21 Å². The van der Waals surface area contributed by atoms with E-state index >= 15 is 0 Å². The number of rotatable bonds is 1. The van der Waals surface area contributed by atoms with Crippen molar-refractivity contribution in [1.82, 2.24) is 0 Å². The van der Waals surface area contributed by atoms with Crippen LogP contribution in [0.3, 0.4) is 0 Å². The Kier molecular flexibility index (Phi) is 1.97. The topological polar surface area (TPSA) is 99.7 Å². The Hall–Kier alpha value is -2.02. The summed E-state index contributed by atoms with van der Waals surface area (Å²) in [6.07, 6.45) is 1.09. The quantitative estimate of drug-likeness (QED) is 0.416. The van der Waals surface area contributed by atoms with E-state index in [4.69, 9.17) is 22.1 Å². The standard InChI is InChI=1S/C8H8N4/c9-3-5-1-2-7(11)6(4-10)8(5)12/h1-3,9H,11-12H2. The molecular formula is C8H8N4. The van der Waals surface area contributed by atoms with Crippen LogP contribution in [0.25, 0.3) is 0 Å². The van der Waals surface area contributed by atoms with Gasteiger partial charge >= 0.3 is 0 Å². The van der Waals surface area contributed by atoms with Gasteiger partial charge in [0.05, 0.1) is 16.9 Å². The van der Waals surface area contributed by atoms with Crippen molar-refractivity contribution in [3.8, 4) is 6.07 Å². The van der Waals surface area contributed by atoms with Gasteiger partial charge in [0.1, 0.15) is 6.07 Å². The molecule has 0 radical (unpaired) electrons. The molecule has 0 aliphatic carbocycles. The van der Waals surface area contributed by atoms with Crippen LogP contribution in [0.15, 0.2) is 12.1 Å². The molecule has 0 spiro atoms. The molecule has 0 aromatic heterocycles. The number of nitrogens with zero attached hydrogens (tertiary/aromatic N) is 1. The van der Waals surface area contributed by atoms with Crippen LogP contribution < -0.4 is 11.5 Å². The van der Waals surface area contributed by atoms with E-state index in [0.29, 0.717) is 11.3 Å². The maximum atomic E-state index is 8.63. The molecule has 0 amide bonds. The van der Waals surface area contributed by atoms with E-state index in [0.717, 1.165) is 6.21 Å². The van der Waals surface area contributed by atoms with Crippen LogP contribution in [0.1, 0.15) is 11.1 Å². The van der Waals surface area contributed by atoms with Gasteiger partial charge in [0.25, 0.3) is 0 Å².